The van der Waals surface area contributed by atoms with Crippen molar-refractivity contribution in [3.63, 3.8) is 0 Å². The Bertz CT molecular complexity index is 413. The van der Waals surface area contributed by atoms with Crippen molar-refractivity contribution in [1.29, 1.82) is 0 Å². The van der Waals surface area contributed by atoms with Crippen LogP contribution < -0.4 is 0 Å². The number of halogens is 6. The monoisotopic (exact) mass is 256 g/mol. The van der Waals surface area contributed by atoms with Crippen molar-refractivity contribution in [2.24, 2.45) is 0 Å². The number of hydrogen-bond donors (Lipinski definition) is 0. The summed E-state index contributed by atoms with van der Waals surface area (Å²) < 4.78 is 75.1. The lowest BCUT2D eigenvalue weighted by molar-refractivity contribution is -0.162. The normalized spacial score (nSPS) is 12.9. The van der Waals surface area contributed by atoms with Gasteiger partial charge in [0, 0.05) is 0 Å². The van der Waals surface area contributed by atoms with E-state index in [0.29, 0.717) is 12.1 Å². The van der Waals surface area contributed by atoms with Gasteiger partial charge in [-0.3, -0.25) is 0 Å². The molecule has 0 fully saturated rings. The van der Waals surface area contributed by atoms with E-state index in [1.165, 1.54) is 6.92 Å². The first-order valence-electron chi connectivity index (χ1n) is 4.85. The smallest absolute Gasteiger partial charge is 0.166 e. The van der Waals surface area contributed by atoms with E-state index in [9.17, 15) is 26.3 Å². The molecule has 1 rings (SSSR count). The number of rotatable bonds is 1. The number of benzene rings is 1. The Hall–Kier alpha value is -1.20. The quantitative estimate of drug-likeness (QED) is 0.644. The molecular formula is C11H10F6. The molecule has 0 aliphatic rings. The molecule has 0 aliphatic carbocycles. The van der Waals surface area contributed by atoms with Gasteiger partial charge in [-0.2, -0.15) is 26.3 Å². The number of hydrogen-bond acceptors (Lipinski definition) is 0. The van der Waals surface area contributed by atoms with Gasteiger partial charge in [0.15, 0.2) is 0 Å². The van der Waals surface area contributed by atoms with E-state index in [1.54, 1.807) is 6.92 Å². The molecule has 1 aromatic carbocycles. The van der Waals surface area contributed by atoms with Crippen LogP contribution in [0.1, 0.15) is 29.2 Å². The van der Waals surface area contributed by atoms with Crippen LogP contribution in [0.5, 0.6) is 0 Å². The van der Waals surface area contributed by atoms with Crippen molar-refractivity contribution < 1.29 is 26.3 Å². The van der Waals surface area contributed by atoms with E-state index in [2.05, 4.69) is 0 Å². The molecule has 0 aromatic heterocycles. The van der Waals surface area contributed by atoms with Gasteiger partial charge in [0.25, 0.3) is 0 Å². The molecule has 1 aromatic rings. The summed E-state index contributed by atoms with van der Waals surface area (Å²) in [5, 5.41) is 0. The maximum atomic E-state index is 12.5. The van der Waals surface area contributed by atoms with Crippen LogP contribution in [0.3, 0.4) is 0 Å². The van der Waals surface area contributed by atoms with Crippen molar-refractivity contribution in [3.05, 3.63) is 34.4 Å². The second-order valence-corrected chi connectivity index (χ2v) is 3.67. The second-order valence-electron chi connectivity index (χ2n) is 3.67. The lowest BCUT2D eigenvalue weighted by atomic mass is 9.97. The van der Waals surface area contributed by atoms with Crippen molar-refractivity contribution in [3.8, 4) is 0 Å². The van der Waals surface area contributed by atoms with E-state index in [4.69, 9.17) is 0 Å². The average Bonchev–Trinajstić information content (AvgIpc) is 2.14. The van der Waals surface area contributed by atoms with Crippen LogP contribution in [0, 0.1) is 6.92 Å². The van der Waals surface area contributed by atoms with Crippen LogP contribution in [0.4, 0.5) is 26.3 Å². The highest BCUT2D eigenvalue weighted by atomic mass is 19.4. The van der Waals surface area contributed by atoms with E-state index < -0.39 is 23.5 Å². The van der Waals surface area contributed by atoms with Crippen LogP contribution in [-0.4, -0.2) is 0 Å². The third kappa shape index (κ3) is 2.92. The summed E-state index contributed by atoms with van der Waals surface area (Å²) >= 11 is 0. The Balaban J connectivity index is 3.54. The summed E-state index contributed by atoms with van der Waals surface area (Å²) in [4.78, 5) is 0. The minimum Gasteiger partial charge on any atom is -0.166 e. The lowest BCUT2D eigenvalue weighted by Gasteiger charge is -2.18. The van der Waals surface area contributed by atoms with Crippen molar-refractivity contribution in [2.75, 3.05) is 0 Å². The van der Waals surface area contributed by atoms with Gasteiger partial charge in [-0.05, 0) is 36.6 Å². The zero-order chi connectivity index (χ0) is 13.4. The Morgan fingerprint density at radius 1 is 0.882 bits per heavy atom. The van der Waals surface area contributed by atoms with Crippen LogP contribution in [0.25, 0.3) is 0 Å². The highest BCUT2D eigenvalue weighted by molar-refractivity contribution is 5.41. The van der Waals surface area contributed by atoms with Gasteiger partial charge in [-0.15, -0.1) is 0 Å². The van der Waals surface area contributed by atoms with E-state index in [0.717, 1.165) is 0 Å². The molecule has 0 amide bonds. The van der Waals surface area contributed by atoms with Crippen LogP contribution in [0.2, 0.25) is 0 Å². The summed E-state index contributed by atoms with van der Waals surface area (Å²) in [5.41, 5.74) is -2.76. The first-order valence-corrected chi connectivity index (χ1v) is 4.85. The lowest BCUT2D eigenvalue weighted by Crippen LogP contribution is -2.17. The van der Waals surface area contributed by atoms with E-state index in [1.807, 2.05) is 0 Å². The molecule has 0 saturated heterocycles. The molecule has 0 radical (unpaired) electrons. The summed E-state index contributed by atoms with van der Waals surface area (Å²) in [6, 6.07) is 1.14. The number of aryl methyl sites for hydroxylation is 2. The molecule has 0 saturated carbocycles. The van der Waals surface area contributed by atoms with E-state index in [-0.39, 0.29) is 17.5 Å². The van der Waals surface area contributed by atoms with Gasteiger partial charge in [-0.1, -0.05) is 6.92 Å². The van der Waals surface area contributed by atoms with Gasteiger partial charge < -0.3 is 0 Å². The van der Waals surface area contributed by atoms with Crippen LogP contribution in [-0.2, 0) is 18.8 Å². The minimum atomic E-state index is -5.00. The molecule has 0 bridgehead atoms. The molecule has 0 nitrogen and oxygen atoms in total. The second kappa shape index (κ2) is 4.23. The Morgan fingerprint density at radius 2 is 1.29 bits per heavy atom. The zero-order valence-corrected chi connectivity index (χ0v) is 9.13. The first kappa shape index (κ1) is 13.9. The number of alkyl halides is 6. The van der Waals surface area contributed by atoms with E-state index >= 15 is 0 Å². The van der Waals surface area contributed by atoms with Crippen LogP contribution >= 0.6 is 0 Å². The molecule has 0 N–H and O–H groups in total. The minimum absolute atomic E-state index is 0.216. The van der Waals surface area contributed by atoms with Crippen molar-refractivity contribution in [1.82, 2.24) is 0 Å². The fourth-order valence-corrected chi connectivity index (χ4v) is 1.60. The summed E-state index contributed by atoms with van der Waals surface area (Å²) in [7, 11) is 0. The molecule has 96 valence electrons. The molecule has 0 aliphatic heterocycles. The highest BCUT2D eigenvalue weighted by Crippen LogP contribution is 2.41. The third-order valence-electron chi connectivity index (χ3n) is 2.47. The largest absolute Gasteiger partial charge is 0.417 e. The van der Waals surface area contributed by atoms with Gasteiger partial charge in [-0.25, -0.2) is 0 Å². The fraction of sp³-hybridized carbons (Fsp3) is 0.455. The fourth-order valence-electron chi connectivity index (χ4n) is 1.60. The van der Waals surface area contributed by atoms with Gasteiger partial charge in [0.1, 0.15) is 0 Å². The predicted octanol–water partition coefficient (Wildman–Crippen LogP) is 4.60. The van der Waals surface area contributed by atoms with Gasteiger partial charge in [0.05, 0.1) is 11.1 Å². The zero-order valence-electron chi connectivity index (χ0n) is 9.13. The highest BCUT2D eigenvalue weighted by Gasteiger charge is 2.43. The summed E-state index contributed by atoms with van der Waals surface area (Å²) in [5.74, 6) is 0. The summed E-state index contributed by atoms with van der Waals surface area (Å²) in [6.45, 7) is 2.96. The molecular weight excluding hydrogens is 246 g/mol. The third-order valence-corrected chi connectivity index (χ3v) is 2.47. The van der Waals surface area contributed by atoms with Crippen molar-refractivity contribution >= 4 is 0 Å². The molecule has 0 spiro atoms. The molecule has 0 unspecified atom stereocenters. The van der Waals surface area contributed by atoms with Gasteiger partial charge >= 0.3 is 12.4 Å². The first-order chi connectivity index (χ1) is 7.57. The molecule has 0 atom stereocenters. The Labute approximate surface area is 94.2 Å². The maximum Gasteiger partial charge on any atom is 0.417 e. The molecule has 6 heteroatoms. The van der Waals surface area contributed by atoms with Gasteiger partial charge in [0.2, 0.25) is 0 Å². The standard InChI is InChI=1S/C11H10F6/c1-3-7-5-9(11(15,16)17)8(4-6(7)2)10(12,13)14/h4-5H,3H2,1-2H3. The molecule has 0 heterocycles. The van der Waals surface area contributed by atoms with Crippen LogP contribution in [0.15, 0.2) is 12.1 Å². The molecule has 17 heavy (non-hydrogen) atoms. The Kier molecular flexibility index (Phi) is 3.45. The SMILES string of the molecule is CCc1cc(C(F)(F)F)c(C(F)(F)F)cc1C. The Morgan fingerprint density at radius 3 is 1.65 bits per heavy atom. The summed E-state index contributed by atoms with van der Waals surface area (Å²) in [6.07, 6.45) is -9.74. The topological polar surface area (TPSA) is 0 Å². The maximum absolute atomic E-state index is 12.5. The average molecular weight is 256 g/mol. The predicted molar refractivity (Wildman–Crippen MR) is 50.6 cm³/mol. The van der Waals surface area contributed by atoms with Crippen molar-refractivity contribution in [2.45, 2.75) is 32.6 Å².